The van der Waals surface area contributed by atoms with Gasteiger partial charge in [0, 0.05) is 12.2 Å². The summed E-state index contributed by atoms with van der Waals surface area (Å²) in [6.07, 6.45) is 2.94. The summed E-state index contributed by atoms with van der Waals surface area (Å²) in [5.41, 5.74) is 0. The van der Waals surface area contributed by atoms with E-state index in [1.165, 1.54) is 0 Å². The molecule has 0 saturated carbocycles. The van der Waals surface area contributed by atoms with Gasteiger partial charge in [-0.3, -0.25) is 4.79 Å². The minimum atomic E-state index is -1.19. The quantitative estimate of drug-likeness (QED) is 0.438. The van der Waals surface area contributed by atoms with Crippen molar-refractivity contribution >= 4 is 11.8 Å². The third kappa shape index (κ3) is 4.58. The predicted molar refractivity (Wildman–Crippen MR) is 33.6 cm³/mol. The first-order chi connectivity index (χ1) is 4.66. The Bertz CT molecular complexity index is 190. The van der Waals surface area contributed by atoms with E-state index in [1.54, 1.807) is 0 Å². The van der Waals surface area contributed by atoms with Crippen LogP contribution in [-0.2, 0) is 9.59 Å². The molecule has 0 saturated heterocycles. The number of allylic oxidation sites excluding steroid dienone is 2. The second-order valence-electron chi connectivity index (χ2n) is 1.39. The van der Waals surface area contributed by atoms with Gasteiger partial charge in [-0.15, -0.1) is 0 Å². The van der Waals surface area contributed by atoms with E-state index in [4.69, 9.17) is 10.2 Å². The van der Waals surface area contributed by atoms with Crippen LogP contribution in [0, 0.1) is 0 Å². The first-order valence-corrected chi connectivity index (χ1v) is 2.42. The van der Waals surface area contributed by atoms with Gasteiger partial charge in [0.1, 0.15) is 0 Å². The summed E-state index contributed by atoms with van der Waals surface area (Å²) in [5, 5.41) is 16.0. The number of aliphatic hydroxyl groups is 1. The molecule has 0 aliphatic rings. The molecule has 0 fully saturated rings. The van der Waals surface area contributed by atoms with Crippen LogP contribution in [0.2, 0.25) is 0 Å². The van der Waals surface area contributed by atoms with E-state index in [-0.39, 0.29) is 0 Å². The zero-order chi connectivity index (χ0) is 7.98. The molecule has 0 aromatic carbocycles. The smallest absolute Gasteiger partial charge is 0.328 e. The maximum absolute atomic E-state index is 10.4. The third-order valence-corrected chi connectivity index (χ3v) is 0.629. The van der Waals surface area contributed by atoms with Gasteiger partial charge in [0.2, 0.25) is 0 Å². The maximum Gasteiger partial charge on any atom is 0.328 e. The van der Waals surface area contributed by atoms with Gasteiger partial charge in [-0.1, -0.05) is 0 Å². The van der Waals surface area contributed by atoms with E-state index in [0.29, 0.717) is 12.3 Å². The van der Waals surface area contributed by atoms with Crippen LogP contribution < -0.4 is 0 Å². The van der Waals surface area contributed by atoms with Crippen LogP contribution in [0.5, 0.6) is 0 Å². The molecular weight excluding hydrogens is 136 g/mol. The molecule has 0 amide bonds. The summed E-state index contributed by atoms with van der Waals surface area (Å²) in [4.78, 5) is 20.1. The SMILES string of the molecule is O=C(O)/C=C/C(=O)C=CO. The number of carboxylic acid groups (broad SMARTS) is 1. The lowest BCUT2D eigenvalue weighted by atomic mass is 10.3. The van der Waals surface area contributed by atoms with Crippen molar-refractivity contribution in [1.82, 2.24) is 0 Å². The van der Waals surface area contributed by atoms with Crippen LogP contribution in [0.4, 0.5) is 0 Å². The zero-order valence-electron chi connectivity index (χ0n) is 5.02. The van der Waals surface area contributed by atoms with Crippen LogP contribution in [0.15, 0.2) is 24.5 Å². The number of rotatable bonds is 3. The average Bonchev–Trinajstić information content (AvgIpc) is 1.85. The number of ketones is 1. The topological polar surface area (TPSA) is 74.6 Å². The highest BCUT2D eigenvalue weighted by Gasteiger charge is 1.89. The molecule has 4 heteroatoms. The van der Waals surface area contributed by atoms with Gasteiger partial charge in [0.05, 0.1) is 6.26 Å². The molecule has 0 atom stereocenters. The first kappa shape index (κ1) is 8.42. The van der Waals surface area contributed by atoms with Crippen molar-refractivity contribution in [2.45, 2.75) is 0 Å². The maximum atomic E-state index is 10.4. The lowest BCUT2D eigenvalue weighted by Crippen LogP contribution is -1.90. The van der Waals surface area contributed by atoms with E-state index in [0.717, 1.165) is 12.2 Å². The Morgan fingerprint density at radius 2 is 1.70 bits per heavy atom. The number of carbonyl (C=O) groups excluding carboxylic acids is 1. The molecule has 0 aromatic heterocycles. The fraction of sp³-hybridized carbons (Fsp3) is 0. The Kier molecular flexibility index (Phi) is 3.63. The van der Waals surface area contributed by atoms with Crippen LogP contribution in [0.1, 0.15) is 0 Å². The van der Waals surface area contributed by atoms with E-state index < -0.39 is 11.8 Å². The molecule has 0 bridgehead atoms. The summed E-state index contributed by atoms with van der Waals surface area (Å²) in [6.45, 7) is 0. The molecule has 10 heavy (non-hydrogen) atoms. The molecular formula is C6H6O4. The Balaban J connectivity index is 3.90. The fourth-order valence-electron chi connectivity index (χ4n) is 0.282. The zero-order valence-corrected chi connectivity index (χ0v) is 5.02. The van der Waals surface area contributed by atoms with Crippen molar-refractivity contribution < 1.29 is 19.8 Å². The highest BCUT2D eigenvalue weighted by molar-refractivity contribution is 6.02. The van der Waals surface area contributed by atoms with Gasteiger partial charge in [0.15, 0.2) is 5.78 Å². The predicted octanol–water partition coefficient (Wildman–Crippen LogP) is 0.268. The Morgan fingerprint density at radius 1 is 1.10 bits per heavy atom. The monoisotopic (exact) mass is 142 g/mol. The fourth-order valence-corrected chi connectivity index (χ4v) is 0.282. The van der Waals surface area contributed by atoms with Gasteiger partial charge in [-0.25, -0.2) is 4.79 Å². The Morgan fingerprint density at radius 3 is 2.10 bits per heavy atom. The first-order valence-electron chi connectivity index (χ1n) is 2.42. The van der Waals surface area contributed by atoms with E-state index >= 15 is 0 Å². The third-order valence-electron chi connectivity index (χ3n) is 0.629. The van der Waals surface area contributed by atoms with Crippen LogP contribution >= 0.6 is 0 Å². The normalized spacial score (nSPS) is 10.8. The molecule has 0 radical (unpaired) electrons. The van der Waals surface area contributed by atoms with Gasteiger partial charge in [-0.05, 0) is 6.08 Å². The molecule has 0 unspecified atom stereocenters. The van der Waals surface area contributed by atoms with Crippen molar-refractivity contribution in [2.75, 3.05) is 0 Å². The molecule has 0 aromatic rings. The molecule has 0 spiro atoms. The molecule has 0 aliphatic carbocycles. The van der Waals surface area contributed by atoms with Gasteiger partial charge in [0.25, 0.3) is 0 Å². The highest BCUT2D eigenvalue weighted by atomic mass is 16.4. The Labute approximate surface area is 57.1 Å². The lowest BCUT2D eigenvalue weighted by molar-refractivity contribution is -0.131. The van der Waals surface area contributed by atoms with E-state index in [2.05, 4.69) is 0 Å². The van der Waals surface area contributed by atoms with E-state index in [1.807, 2.05) is 0 Å². The summed E-state index contributed by atoms with van der Waals surface area (Å²) in [5.74, 6) is -1.76. The number of hydrogen-bond acceptors (Lipinski definition) is 3. The van der Waals surface area contributed by atoms with Crippen molar-refractivity contribution in [2.24, 2.45) is 0 Å². The van der Waals surface area contributed by atoms with Crippen LogP contribution in [0.3, 0.4) is 0 Å². The van der Waals surface area contributed by atoms with Crippen molar-refractivity contribution in [3.8, 4) is 0 Å². The van der Waals surface area contributed by atoms with Crippen molar-refractivity contribution in [1.29, 1.82) is 0 Å². The van der Waals surface area contributed by atoms with Crippen LogP contribution in [-0.4, -0.2) is 22.0 Å². The average molecular weight is 142 g/mol. The molecule has 4 nitrogen and oxygen atoms in total. The Hall–Kier alpha value is -1.58. The molecule has 2 N–H and O–H groups in total. The highest BCUT2D eigenvalue weighted by Crippen LogP contribution is 1.78. The number of carbonyl (C=O) groups is 2. The van der Waals surface area contributed by atoms with Crippen molar-refractivity contribution in [3.05, 3.63) is 24.5 Å². The molecule has 0 rings (SSSR count). The van der Waals surface area contributed by atoms with Gasteiger partial charge >= 0.3 is 5.97 Å². The lowest BCUT2D eigenvalue weighted by Gasteiger charge is -1.78. The number of aliphatic carboxylic acids is 1. The second kappa shape index (κ2) is 4.31. The molecule has 54 valence electrons. The summed E-state index contributed by atoms with van der Waals surface area (Å²) in [7, 11) is 0. The largest absolute Gasteiger partial charge is 0.515 e. The second-order valence-corrected chi connectivity index (χ2v) is 1.39. The minimum Gasteiger partial charge on any atom is -0.515 e. The molecule has 0 aliphatic heterocycles. The number of aliphatic hydroxyl groups excluding tert-OH is 1. The summed E-state index contributed by atoms with van der Waals surface area (Å²) >= 11 is 0. The van der Waals surface area contributed by atoms with Gasteiger partial charge in [-0.2, -0.15) is 0 Å². The standard InChI is InChI=1S/C6H6O4/c7-4-3-5(8)1-2-6(9)10/h1-4,7H,(H,9,10)/b2-1+,4-3?. The summed E-state index contributed by atoms with van der Waals surface area (Å²) in [6, 6.07) is 0. The molecule has 0 heterocycles. The van der Waals surface area contributed by atoms with Gasteiger partial charge < -0.3 is 10.2 Å². The van der Waals surface area contributed by atoms with Crippen LogP contribution in [0.25, 0.3) is 0 Å². The number of hydrogen-bond donors (Lipinski definition) is 2. The minimum absolute atomic E-state index is 0.550. The summed E-state index contributed by atoms with van der Waals surface area (Å²) < 4.78 is 0. The van der Waals surface area contributed by atoms with Crippen molar-refractivity contribution in [3.63, 3.8) is 0 Å². The van der Waals surface area contributed by atoms with E-state index in [9.17, 15) is 9.59 Å². The number of carboxylic acids is 1.